The minimum absolute atomic E-state index is 0. The van der Waals surface area contributed by atoms with Crippen LogP contribution in [0.25, 0.3) is 0 Å². The lowest BCUT2D eigenvalue weighted by Gasteiger charge is -2.22. The molecule has 118 valence electrons. The highest BCUT2D eigenvalue weighted by molar-refractivity contribution is 5.85. The fourth-order valence-electron chi connectivity index (χ4n) is 1.47. The van der Waals surface area contributed by atoms with Crippen LogP contribution in [0.4, 0.5) is 0 Å². The number of carboxylic acids is 3. The van der Waals surface area contributed by atoms with Crippen LogP contribution in [0.2, 0.25) is 0 Å². The van der Waals surface area contributed by atoms with Crippen LogP contribution in [0.1, 0.15) is 50.0 Å². The molecule has 0 bridgehead atoms. The SMILES string of the molecule is C.C.C.C.CC[C@@H](C(=O)O)C(C(=O)O)[C@H](C)C(=O)O. The van der Waals surface area contributed by atoms with E-state index in [0.717, 1.165) is 0 Å². The third-order valence-electron chi connectivity index (χ3n) is 2.40. The van der Waals surface area contributed by atoms with E-state index in [2.05, 4.69) is 0 Å². The van der Waals surface area contributed by atoms with Crippen LogP contribution in [0.5, 0.6) is 0 Å². The molecular formula is C13H30O6. The minimum atomic E-state index is -1.40. The largest absolute Gasteiger partial charge is 0.481 e. The molecule has 0 fully saturated rings. The minimum Gasteiger partial charge on any atom is -0.481 e. The van der Waals surface area contributed by atoms with Crippen LogP contribution >= 0.6 is 0 Å². The van der Waals surface area contributed by atoms with E-state index in [4.69, 9.17) is 15.3 Å². The standard InChI is InChI=1S/C9H14O6.4CH4/c1-3-5(8(12)13)6(9(14)15)4(2)7(10)11;;;;/h4-6H,3H2,1-2H3,(H,10,11)(H,12,13)(H,14,15);4*1H4/t4-,5+,6?;;;;/m0..../s1. The van der Waals surface area contributed by atoms with Gasteiger partial charge in [0, 0.05) is 0 Å². The Kier molecular flexibility index (Phi) is 20.6. The third kappa shape index (κ3) is 8.18. The summed E-state index contributed by atoms with van der Waals surface area (Å²) in [5.74, 6) is -7.76. The fourth-order valence-corrected chi connectivity index (χ4v) is 1.47. The fraction of sp³-hybridized carbons (Fsp3) is 0.769. The van der Waals surface area contributed by atoms with E-state index < -0.39 is 35.7 Å². The van der Waals surface area contributed by atoms with Crippen LogP contribution in [-0.4, -0.2) is 33.2 Å². The number of aliphatic carboxylic acids is 3. The van der Waals surface area contributed by atoms with Crippen molar-refractivity contribution in [1.29, 1.82) is 0 Å². The maximum absolute atomic E-state index is 10.8. The maximum Gasteiger partial charge on any atom is 0.308 e. The summed E-state index contributed by atoms with van der Waals surface area (Å²) in [6.45, 7) is 2.72. The average Bonchev–Trinajstić information content (AvgIpc) is 2.11. The highest BCUT2D eigenvalue weighted by Crippen LogP contribution is 2.25. The zero-order chi connectivity index (χ0) is 12.2. The van der Waals surface area contributed by atoms with Gasteiger partial charge in [-0.3, -0.25) is 14.4 Å². The monoisotopic (exact) mass is 282 g/mol. The number of hydrogen-bond acceptors (Lipinski definition) is 3. The van der Waals surface area contributed by atoms with E-state index in [0.29, 0.717) is 0 Å². The molecule has 0 amide bonds. The first-order chi connectivity index (χ1) is 6.82. The van der Waals surface area contributed by atoms with Crippen molar-refractivity contribution in [1.82, 2.24) is 0 Å². The summed E-state index contributed by atoms with van der Waals surface area (Å²) in [6, 6.07) is 0. The molecule has 3 N–H and O–H groups in total. The molecule has 0 aromatic carbocycles. The number of rotatable bonds is 6. The van der Waals surface area contributed by atoms with E-state index >= 15 is 0 Å². The summed E-state index contributed by atoms with van der Waals surface area (Å²) in [5, 5.41) is 26.3. The third-order valence-corrected chi connectivity index (χ3v) is 2.40. The Morgan fingerprint density at radius 3 is 1.37 bits per heavy atom. The molecular weight excluding hydrogens is 252 g/mol. The van der Waals surface area contributed by atoms with Crippen molar-refractivity contribution >= 4 is 17.9 Å². The molecule has 0 aliphatic carbocycles. The normalized spacial score (nSPS) is 12.9. The van der Waals surface area contributed by atoms with Crippen molar-refractivity contribution in [3.8, 4) is 0 Å². The zero-order valence-electron chi connectivity index (χ0n) is 8.51. The van der Waals surface area contributed by atoms with Crippen molar-refractivity contribution in [3.63, 3.8) is 0 Å². The highest BCUT2D eigenvalue weighted by atomic mass is 16.4. The summed E-state index contributed by atoms with van der Waals surface area (Å²) >= 11 is 0. The first kappa shape index (κ1) is 30.4. The summed E-state index contributed by atoms with van der Waals surface area (Å²) in [6.07, 6.45) is 0.0872. The second-order valence-electron chi connectivity index (χ2n) is 3.34. The molecule has 6 heteroatoms. The molecule has 0 heterocycles. The van der Waals surface area contributed by atoms with Crippen LogP contribution in [-0.2, 0) is 14.4 Å². The molecule has 0 aromatic rings. The molecule has 0 spiro atoms. The molecule has 1 unspecified atom stereocenters. The van der Waals surface area contributed by atoms with Gasteiger partial charge in [0.05, 0.1) is 17.8 Å². The van der Waals surface area contributed by atoms with E-state index in [9.17, 15) is 14.4 Å². The number of carboxylic acid groups (broad SMARTS) is 3. The number of carbonyl (C=O) groups is 3. The average molecular weight is 282 g/mol. The lowest BCUT2D eigenvalue weighted by Crippen LogP contribution is -2.37. The highest BCUT2D eigenvalue weighted by Gasteiger charge is 2.39. The van der Waals surface area contributed by atoms with Gasteiger partial charge >= 0.3 is 17.9 Å². The van der Waals surface area contributed by atoms with Crippen molar-refractivity contribution < 1.29 is 29.7 Å². The molecule has 0 aliphatic heterocycles. The van der Waals surface area contributed by atoms with Crippen molar-refractivity contribution in [2.24, 2.45) is 17.8 Å². The second kappa shape index (κ2) is 12.9. The van der Waals surface area contributed by atoms with Crippen LogP contribution in [0.3, 0.4) is 0 Å². The molecule has 0 saturated heterocycles. The van der Waals surface area contributed by atoms with Gasteiger partial charge in [0.15, 0.2) is 0 Å². The first-order valence-corrected chi connectivity index (χ1v) is 4.51. The Morgan fingerprint density at radius 2 is 1.21 bits per heavy atom. The predicted molar refractivity (Wildman–Crippen MR) is 76.3 cm³/mol. The quantitative estimate of drug-likeness (QED) is 0.690. The van der Waals surface area contributed by atoms with Crippen LogP contribution in [0.15, 0.2) is 0 Å². The van der Waals surface area contributed by atoms with Crippen molar-refractivity contribution in [3.05, 3.63) is 0 Å². The second-order valence-corrected chi connectivity index (χ2v) is 3.34. The molecule has 19 heavy (non-hydrogen) atoms. The van der Waals surface area contributed by atoms with Gasteiger partial charge in [0.2, 0.25) is 0 Å². The van der Waals surface area contributed by atoms with Gasteiger partial charge in [-0.1, -0.05) is 43.6 Å². The summed E-state index contributed by atoms with van der Waals surface area (Å²) < 4.78 is 0. The Hall–Kier alpha value is -1.59. The Labute approximate surface area is 116 Å². The lowest BCUT2D eigenvalue weighted by atomic mass is 9.81. The van der Waals surface area contributed by atoms with Gasteiger partial charge < -0.3 is 15.3 Å². The molecule has 3 atom stereocenters. The Balaban J connectivity index is -0.000000163. The molecule has 0 radical (unpaired) electrons. The molecule has 0 aromatic heterocycles. The molecule has 6 nitrogen and oxygen atoms in total. The summed E-state index contributed by atoms with van der Waals surface area (Å²) in [7, 11) is 0. The first-order valence-electron chi connectivity index (χ1n) is 4.51. The van der Waals surface area contributed by atoms with Gasteiger partial charge in [-0.2, -0.15) is 0 Å². The summed E-state index contributed by atoms with van der Waals surface area (Å²) in [5.41, 5.74) is 0. The van der Waals surface area contributed by atoms with Gasteiger partial charge in [-0.15, -0.1) is 0 Å². The molecule has 0 saturated carbocycles. The van der Waals surface area contributed by atoms with Crippen molar-refractivity contribution in [2.45, 2.75) is 50.0 Å². The Bertz CT molecular complexity index is 274. The smallest absolute Gasteiger partial charge is 0.308 e. The zero-order valence-corrected chi connectivity index (χ0v) is 8.51. The van der Waals surface area contributed by atoms with Gasteiger partial charge in [0.1, 0.15) is 0 Å². The predicted octanol–water partition coefficient (Wildman–Crippen LogP) is 3.06. The van der Waals surface area contributed by atoms with Crippen LogP contribution in [0, 0.1) is 17.8 Å². The van der Waals surface area contributed by atoms with Gasteiger partial charge in [0.25, 0.3) is 0 Å². The lowest BCUT2D eigenvalue weighted by molar-refractivity contribution is -0.161. The Morgan fingerprint density at radius 1 is 0.842 bits per heavy atom. The molecule has 0 rings (SSSR count). The van der Waals surface area contributed by atoms with Crippen LogP contribution < -0.4 is 0 Å². The topological polar surface area (TPSA) is 112 Å². The van der Waals surface area contributed by atoms with E-state index in [1.165, 1.54) is 13.8 Å². The summed E-state index contributed by atoms with van der Waals surface area (Å²) in [4.78, 5) is 32.2. The van der Waals surface area contributed by atoms with E-state index in [1.54, 1.807) is 0 Å². The van der Waals surface area contributed by atoms with E-state index in [-0.39, 0.29) is 36.1 Å². The van der Waals surface area contributed by atoms with E-state index in [1.807, 2.05) is 0 Å². The van der Waals surface area contributed by atoms with Crippen molar-refractivity contribution in [2.75, 3.05) is 0 Å². The maximum atomic E-state index is 10.8. The van der Waals surface area contributed by atoms with Gasteiger partial charge in [-0.05, 0) is 6.42 Å². The number of hydrogen-bond donors (Lipinski definition) is 3. The van der Waals surface area contributed by atoms with Gasteiger partial charge in [-0.25, -0.2) is 0 Å². The molecule has 0 aliphatic rings.